The van der Waals surface area contributed by atoms with Crippen molar-refractivity contribution in [2.75, 3.05) is 6.61 Å². The maximum atomic E-state index is 6.25. The summed E-state index contributed by atoms with van der Waals surface area (Å²) in [5, 5.41) is 0. The zero-order valence-electron chi connectivity index (χ0n) is 21.0. The molecule has 0 unspecified atom stereocenters. The highest BCUT2D eigenvalue weighted by Crippen LogP contribution is 2.41. The predicted octanol–water partition coefficient (Wildman–Crippen LogP) is 8.93. The first-order chi connectivity index (χ1) is 13.8. The van der Waals surface area contributed by atoms with Crippen LogP contribution in [0.2, 0.25) is 0 Å². The zero-order chi connectivity index (χ0) is 22.7. The molecule has 0 aliphatic heterocycles. The maximum Gasteiger partial charge on any atom is 0.123 e. The lowest BCUT2D eigenvalue weighted by atomic mass is 9.83. The lowest BCUT2D eigenvalue weighted by molar-refractivity contribution is 0.298. The minimum atomic E-state index is 0.0436. The first-order valence-electron chi connectivity index (χ1n) is 11.4. The molecule has 2 heteroatoms. The van der Waals surface area contributed by atoms with Crippen LogP contribution in [0.15, 0.2) is 34.1 Å². The minimum absolute atomic E-state index is 0.0436. The van der Waals surface area contributed by atoms with Crippen molar-refractivity contribution >= 4 is 11.8 Å². The van der Waals surface area contributed by atoms with E-state index in [0.29, 0.717) is 0 Å². The molecule has 0 saturated carbocycles. The Morgan fingerprint density at radius 2 is 1.23 bits per heavy atom. The summed E-state index contributed by atoms with van der Waals surface area (Å²) < 4.78 is 6.25. The molecule has 30 heavy (non-hydrogen) atoms. The second-order valence-electron chi connectivity index (χ2n) is 10.7. The van der Waals surface area contributed by atoms with Gasteiger partial charge in [0.1, 0.15) is 5.75 Å². The van der Waals surface area contributed by atoms with E-state index in [2.05, 4.69) is 93.5 Å². The predicted molar refractivity (Wildman–Crippen MR) is 134 cm³/mol. The Morgan fingerprint density at radius 3 is 1.77 bits per heavy atom. The van der Waals surface area contributed by atoms with Crippen molar-refractivity contribution in [3.05, 3.63) is 52.1 Å². The number of benzene rings is 2. The molecule has 0 heterocycles. The van der Waals surface area contributed by atoms with Gasteiger partial charge in [-0.3, -0.25) is 0 Å². The van der Waals surface area contributed by atoms with E-state index in [1.165, 1.54) is 50.4 Å². The van der Waals surface area contributed by atoms with E-state index in [1.807, 2.05) is 11.8 Å². The van der Waals surface area contributed by atoms with E-state index in [9.17, 15) is 0 Å². The van der Waals surface area contributed by atoms with Crippen molar-refractivity contribution in [2.24, 2.45) is 0 Å². The molecule has 166 valence electrons. The number of ether oxygens (including phenoxy) is 1. The number of unbranched alkanes of at least 4 members (excludes halogenated alkanes) is 2. The van der Waals surface area contributed by atoms with Gasteiger partial charge in [-0.1, -0.05) is 79.1 Å². The normalized spacial score (nSPS) is 12.3. The first kappa shape index (κ1) is 24.9. The van der Waals surface area contributed by atoms with Crippen LogP contribution in [0.25, 0.3) is 0 Å². The Balaban J connectivity index is 2.43. The molecule has 0 atom stereocenters. The lowest BCUT2D eigenvalue weighted by Gasteiger charge is -2.26. The summed E-state index contributed by atoms with van der Waals surface area (Å²) in [4.78, 5) is 2.68. The van der Waals surface area contributed by atoms with Gasteiger partial charge < -0.3 is 4.74 Å². The van der Waals surface area contributed by atoms with E-state index >= 15 is 0 Å². The van der Waals surface area contributed by atoms with Gasteiger partial charge in [0.05, 0.1) is 6.61 Å². The zero-order valence-corrected chi connectivity index (χ0v) is 21.8. The van der Waals surface area contributed by atoms with E-state index in [4.69, 9.17) is 4.74 Å². The highest BCUT2D eigenvalue weighted by atomic mass is 32.2. The Morgan fingerprint density at radius 1 is 0.700 bits per heavy atom. The largest absolute Gasteiger partial charge is 0.493 e. The van der Waals surface area contributed by atoms with Crippen LogP contribution >= 0.6 is 11.8 Å². The van der Waals surface area contributed by atoms with Crippen molar-refractivity contribution in [3.8, 4) is 5.75 Å². The van der Waals surface area contributed by atoms with E-state index in [0.717, 1.165) is 18.8 Å². The highest BCUT2D eigenvalue weighted by molar-refractivity contribution is 7.99. The van der Waals surface area contributed by atoms with Gasteiger partial charge >= 0.3 is 0 Å². The topological polar surface area (TPSA) is 9.23 Å². The van der Waals surface area contributed by atoms with Gasteiger partial charge in [-0.25, -0.2) is 0 Å². The van der Waals surface area contributed by atoms with Crippen molar-refractivity contribution < 1.29 is 4.74 Å². The SMILES string of the molecule is CCCCCOc1cc(C)c(Sc2cc(C(C)(C)C)c(C)cc2C)cc1C(C)(C)C. The average Bonchev–Trinajstić information content (AvgIpc) is 2.60. The van der Waals surface area contributed by atoms with Crippen LogP contribution in [-0.4, -0.2) is 6.61 Å². The molecule has 1 nitrogen and oxygen atoms in total. The van der Waals surface area contributed by atoms with Crippen LogP contribution in [0.3, 0.4) is 0 Å². The molecule has 2 rings (SSSR count). The van der Waals surface area contributed by atoms with Gasteiger partial charge in [0.2, 0.25) is 0 Å². The van der Waals surface area contributed by atoms with Crippen molar-refractivity contribution in [1.82, 2.24) is 0 Å². The second-order valence-corrected chi connectivity index (χ2v) is 11.8. The van der Waals surface area contributed by atoms with Gasteiger partial charge in [0.25, 0.3) is 0 Å². The molecule has 0 saturated heterocycles. The molecule has 0 amide bonds. The van der Waals surface area contributed by atoms with Crippen LogP contribution < -0.4 is 4.74 Å². The number of aryl methyl sites for hydroxylation is 3. The highest BCUT2D eigenvalue weighted by Gasteiger charge is 2.22. The standard InChI is InChI=1S/C28H42OS/c1-11-12-13-14-29-24-16-21(4)26(18-23(24)28(8,9)10)30-25-17-22(27(5,6)7)19(2)15-20(25)3/h15-18H,11-14H2,1-10H3. The molecule has 2 aromatic carbocycles. The quantitative estimate of drug-likeness (QED) is 0.409. The molecule has 0 aliphatic carbocycles. The first-order valence-corrected chi connectivity index (χ1v) is 12.2. The van der Waals surface area contributed by atoms with E-state index < -0.39 is 0 Å². The minimum Gasteiger partial charge on any atom is -0.493 e. The number of hydrogen-bond acceptors (Lipinski definition) is 2. The summed E-state index contributed by atoms with van der Waals surface area (Å²) in [6.07, 6.45) is 3.56. The van der Waals surface area contributed by atoms with Crippen LogP contribution in [0.5, 0.6) is 5.75 Å². The fraction of sp³-hybridized carbons (Fsp3) is 0.571. The Labute approximate surface area is 190 Å². The van der Waals surface area contributed by atoms with E-state index in [-0.39, 0.29) is 10.8 Å². The van der Waals surface area contributed by atoms with Gasteiger partial charge in [0.15, 0.2) is 0 Å². The second kappa shape index (κ2) is 9.81. The monoisotopic (exact) mass is 426 g/mol. The number of rotatable bonds is 7. The van der Waals surface area contributed by atoms with Crippen LogP contribution in [0.1, 0.15) is 95.5 Å². The summed E-state index contributed by atoms with van der Waals surface area (Å²) in [5.74, 6) is 1.05. The number of hydrogen-bond donors (Lipinski definition) is 0. The molecule has 0 N–H and O–H groups in total. The third-order valence-electron chi connectivity index (χ3n) is 5.64. The fourth-order valence-corrected chi connectivity index (χ4v) is 4.91. The molecule has 0 spiro atoms. The van der Waals surface area contributed by atoms with Gasteiger partial charge in [0, 0.05) is 15.4 Å². The van der Waals surface area contributed by atoms with Crippen molar-refractivity contribution in [1.29, 1.82) is 0 Å². The van der Waals surface area contributed by atoms with Crippen LogP contribution in [0, 0.1) is 20.8 Å². The van der Waals surface area contributed by atoms with Gasteiger partial charge in [-0.05, 0) is 78.5 Å². The Kier molecular flexibility index (Phi) is 8.13. The average molecular weight is 427 g/mol. The molecule has 0 fully saturated rings. The van der Waals surface area contributed by atoms with Crippen LogP contribution in [0.4, 0.5) is 0 Å². The van der Waals surface area contributed by atoms with E-state index in [1.54, 1.807) is 0 Å². The Hall–Kier alpha value is -1.41. The molecule has 0 radical (unpaired) electrons. The third-order valence-corrected chi connectivity index (χ3v) is 6.96. The van der Waals surface area contributed by atoms with Gasteiger partial charge in [-0.15, -0.1) is 0 Å². The molecular weight excluding hydrogens is 384 g/mol. The summed E-state index contributed by atoms with van der Waals surface area (Å²) in [5.41, 5.74) is 6.94. The van der Waals surface area contributed by atoms with Crippen molar-refractivity contribution in [2.45, 2.75) is 109 Å². The molecular formula is C28H42OS. The summed E-state index contributed by atoms with van der Waals surface area (Å²) in [6, 6.07) is 9.36. The lowest BCUT2D eigenvalue weighted by Crippen LogP contribution is -2.15. The van der Waals surface area contributed by atoms with Crippen LogP contribution in [-0.2, 0) is 10.8 Å². The fourth-order valence-electron chi connectivity index (χ4n) is 3.88. The molecule has 0 bridgehead atoms. The smallest absolute Gasteiger partial charge is 0.123 e. The van der Waals surface area contributed by atoms with Gasteiger partial charge in [-0.2, -0.15) is 0 Å². The summed E-state index contributed by atoms with van der Waals surface area (Å²) >= 11 is 1.90. The molecule has 2 aromatic rings. The summed E-state index contributed by atoms with van der Waals surface area (Å²) in [6.45, 7) is 23.4. The third kappa shape index (κ3) is 6.30. The molecule has 0 aliphatic rings. The maximum absolute atomic E-state index is 6.25. The molecule has 0 aromatic heterocycles. The summed E-state index contributed by atoms with van der Waals surface area (Å²) in [7, 11) is 0. The van der Waals surface area contributed by atoms with Crippen molar-refractivity contribution in [3.63, 3.8) is 0 Å². The Bertz CT molecular complexity index is 866.